The summed E-state index contributed by atoms with van der Waals surface area (Å²) in [4.78, 5) is 12.1. The van der Waals surface area contributed by atoms with Crippen molar-refractivity contribution in [3.05, 3.63) is 65.2 Å². The predicted molar refractivity (Wildman–Crippen MR) is 157 cm³/mol. The van der Waals surface area contributed by atoms with Crippen molar-refractivity contribution in [2.24, 2.45) is 5.41 Å². The van der Waals surface area contributed by atoms with Crippen molar-refractivity contribution < 1.29 is 9.84 Å². The normalized spacial score (nSPS) is 22.2. The van der Waals surface area contributed by atoms with Gasteiger partial charge in [-0.2, -0.15) is 5.10 Å². The molecule has 3 fully saturated rings. The minimum atomic E-state index is -1.19. The Balaban J connectivity index is 1.41. The summed E-state index contributed by atoms with van der Waals surface area (Å²) in [5, 5.41) is 17.8. The maximum atomic E-state index is 12.7. The number of hydrogen-bond donors (Lipinski definition) is 1. The molecule has 1 saturated carbocycles. The maximum absolute atomic E-state index is 12.7. The Morgan fingerprint density at radius 1 is 0.975 bits per heavy atom. The van der Waals surface area contributed by atoms with Gasteiger partial charge in [0.25, 0.3) is 0 Å². The van der Waals surface area contributed by atoms with E-state index >= 15 is 0 Å². The summed E-state index contributed by atoms with van der Waals surface area (Å²) in [6, 6.07) is 11.0. The van der Waals surface area contributed by atoms with Crippen LogP contribution in [0, 0.1) is 5.41 Å². The molecule has 3 aliphatic rings. The van der Waals surface area contributed by atoms with Crippen LogP contribution in [0.2, 0.25) is 0 Å². The van der Waals surface area contributed by atoms with Gasteiger partial charge >= 0.3 is 0 Å². The first-order valence-electron chi connectivity index (χ1n) is 15.3. The lowest BCUT2D eigenvalue weighted by Gasteiger charge is -2.55. The van der Waals surface area contributed by atoms with Gasteiger partial charge in [-0.3, -0.25) is 4.98 Å². The smallest absolute Gasteiger partial charge is 0.182 e. The van der Waals surface area contributed by atoms with E-state index in [4.69, 9.17) is 14.8 Å². The van der Waals surface area contributed by atoms with Gasteiger partial charge < -0.3 is 14.7 Å². The standard InChI is InChI=1S/C33H45N5O2/c1-23(2)24-10-12-27(13-11-24)33(39,32(3)21-37(4)22-32)28-18-26(19-34-20-28)30-35-31(25-14-16-40-17-15-25)38(36-30)29-8-6-5-7-9-29/h10-13,18-20,23,25,29,39H,5-9,14-17,21-22H2,1-4H3. The zero-order chi connectivity index (χ0) is 27.9. The second kappa shape index (κ2) is 11.0. The van der Waals surface area contributed by atoms with Crippen LogP contribution in [0.1, 0.15) is 106 Å². The fourth-order valence-corrected chi connectivity index (χ4v) is 7.39. The van der Waals surface area contributed by atoms with E-state index in [0.717, 1.165) is 80.3 Å². The third kappa shape index (κ3) is 4.90. The van der Waals surface area contributed by atoms with Crippen LogP contribution in [-0.2, 0) is 10.3 Å². The van der Waals surface area contributed by atoms with Crippen LogP contribution in [0.3, 0.4) is 0 Å². The number of likely N-dealkylation sites (tertiary alicyclic amines) is 1. The van der Waals surface area contributed by atoms with Gasteiger partial charge in [-0.1, -0.05) is 64.3 Å². The highest BCUT2D eigenvalue weighted by molar-refractivity contribution is 5.56. The average molecular weight is 544 g/mol. The van der Waals surface area contributed by atoms with Crippen molar-refractivity contribution in [1.82, 2.24) is 24.6 Å². The van der Waals surface area contributed by atoms with Crippen LogP contribution in [0.4, 0.5) is 0 Å². The van der Waals surface area contributed by atoms with Crippen molar-refractivity contribution in [2.75, 3.05) is 33.4 Å². The lowest BCUT2D eigenvalue weighted by Crippen LogP contribution is -2.63. The van der Waals surface area contributed by atoms with Crippen molar-refractivity contribution in [2.45, 2.75) is 89.2 Å². The molecule has 0 spiro atoms. The molecule has 40 heavy (non-hydrogen) atoms. The van der Waals surface area contributed by atoms with Crippen LogP contribution in [0.25, 0.3) is 11.4 Å². The SMILES string of the molecule is CC(C)c1ccc(C(O)(c2cncc(-c3nc(C4CCOCC4)n(C4CCCCC4)n3)c2)C2(C)CN(C)C2)cc1. The molecule has 0 amide bonds. The Morgan fingerprint density at radius 3 is 2.33 bits per heavy atom. The second-order valence-electron chi connectivity index (χ2n) is 13.1. The highest BCUT2D eigenvalue weighted by Crippen LogP contribution is 2.50. The van der Waals surface area contributed by atoms with E-state index in [-0.39, 0.29) is 5.41 Å². The molecule has 2 saturated heterocycles. The molecule has 1 atom stereocenters. The minimum Gasteiger partial charge on any atom is -0.381 e. The molecule has 1 N–H and O–H groups in total. The second-order valence-corrected chi connectivity index (χ2v) is 13.1. The van der Waals surface area contributed by atoms with Crippen LogP contribution >= 0.6 is 0 Å². The molecule has 1 aromatic carbocycles. The summed E-state index contributed by atoms with van der Waals surface area (Å²) in [6.07, 6.45) is 11.8. The first-order valence-corrected chi connectivity index (χ1v) is 15.3. The maximum Gasteiger partial charge on any atom is 0.182 e. The van der Waals surface area contributed by atoms with Gasteiger partial charge in [-0.05, 0) is 55.8 Å². The Kier molecular flexibility index (Phi) is 7.57. The Morgan fingerprint density at radius 2 is 1.68 bits per heavy atom. The molecule has 6 rings (SSSR count). The van der Waals surface area contributed by atoms with Crippen LogP contribution in [-0.4, -0.2) is 63.1 Å². The number of hydrogen-bond acceptors (Lipinski definition) is 6. The molecular weight excluding hydrogens is 498 g/mol. The van der Waals surface area contributed by atoms with E-state index < -0.39 is 5.60 Å². The number of nitrogens with zero attached hydrogens (tertiary/aromatic N) is 5. The quantitative estimate of drug-likeness (QED) is 0.391. The molecular formula is C33H45N5O2. The number of pyridine rings is 1. The Hall–Kier alpha value is -2.61. The van der Waals surface area contributed by atoms with E-state index in [1.807, 2.05) is 12.4 Å². The van der Waals surface area contributed by atoms with Crippen molar-refractivity contribution >= 4 is 0 Å². The molecule has 4 heterocycles. The number of aromatic nitrogens is 4. The van der Waals surface area contributed by atoms with Crippen molar-refractivity contribution in [3.8, 4) is 11.4 Å². The molecule has 0 bridgehead atoms. The summed E-state index contributed by atoms with van der Waals surface area (Å²) in [5.74, 6) is 2.62. The van der Waals surface area contributed by atoms with Gasteiger partial charge in [0.15, 0.2) is 5.82 Å². The van der Waals surface area contributed by atoms with Gasteiger partial charge in [0, 0.05) is 61.2 Å². The van der Waals surface area contributed by atoms with Crippen molar-refractivity contribution in [1.29, 1.82) is 0 Å². The predicted octanol–water partition coefficient (Wildman–Crippen LogP) is 6.05. The fourth-order valence-electron chi connectivity index (χ4n) is 7.39. The lowest BCUT2D eigenvalue weighted by molar-refractivity contribution is -0.127. The van der Waals surface area contributed by atoms with Gasteiger partial charge in [-0.25, -0.2) is 9.67 Å². The Bertz CT molecular complexity index is 1270. The van der Waals surface area contributed by atoms with E-state index in [2.05, 4.69) is 72.7 Å². The molecule has 2 aromatic heterocycles. The molecule has 2 aliphatic heterocycles. The third-order valence-corrected chi connectivity index (χ3v) is 9.69. The van der Waals surface area contributed by atoms with Crippen LogP contribution in [0.5, 0.6) is 0 Å². The van der Waals surface area contributed by atoms with Gasteiger partial charge in [0.05, 0.1) is 6.04 Å². The first-order chi connectivity index (χ1) is 19.3. The van der Waals surface area contributed by atoms with E-state index in [1.54, 1.807) is 0 Å². The number of ether oxygens (including phenoxy) is 1. The van der Waals surface area contributed by atoms with Crippen LogP contribution in [0.15, 0.2) is 42.7 Å². The highest BCUT2D eigenvalue weighted by Gasteiger charge is 2.55. The lowest BCUT2D eigenvalue weighted by atomic mass is 9.62. The Labute approximate surface area is 239 Å². The summed E-state index contributed by atoms with van der Waals surface area (Å²) < 4.78 is 7.92. The molecule has 7 nitrogen and oxygen atoms in total. The molecule has 1 unspecified atom stereocenters. The van der Waals surface area contributed by atoms with Gasteiger partial charge in [0.1, 0.15) is 11.4 Å². The fraction of sp³-hybridized carbons (Fsp3) is 0.606. The van der Waals surface area contributed by atoms with Crippen molar-refractivity contribution in [3.63, 3.8) is 0 Å². The number of aliphatic hydroxyl groups is 1. The molecule has 0 radical (unpaired) electrons. The topological polar surface area (TPSA) is 76.3 Å². The van der Waals surface area contributed by atoms with Gasteiger partial charge in [-0.15, -0.1) is 0 Å². The zero-order valence-electron chi connectivity index (χ0n) is 24.6. The third-order valence-electron chi connectivity index (χ3n) is 9.69. The summed E-state index contributed by atoms with van der Waals surface area (Å²) >= 11 is 0. The highest BCUT2D eigenvalue weighted by atomic mass is 16.5. The number of benzene rings is 1. The molecule has 214 valence electrons. The summed E-state index contributed by atoms with van der Waals surface area (Å²) in [5.41, 5.74) is 2.33. The zero-order valence-corrected chi connectivity index (χ0v) is 24.6. The van der Waals surface area contributed by atoms with E-state index in [0.29, 0.717) is 17.9 Å². The first kappa shape index (κ1) is 27.6. The monoisotopic (exact) mass is 543 g/mol. The van der Waals surface area contributed by atoms with Gasteiger partial charge in [0.2, 0.25) is 0 Å². The minimum absolute atomic E-state index is 0.344. The summed E-state index contributed by atoms with van der Waals surface area (Å²) in [7, 11) is 2.11. The van der Waals surface area contributed by atoms with Crippen LogP contribution < -0.4 is 0 Å². The summed E-state index contributed by atoms with van der Waals surface area (Å²) in [6.45, 7) is 9.77. The molecule has 7 heteroatoms. The number of rotatable bonds is 7. The van der Waals surface area contributed by atoms with E-state index in [9.17, 15) is 5.11 Å². The molecule has 3 aromatic rings. The average Bonchev–Trinajstić information content (AvgIpc) is 3.43. The van der Waals surface area contributed by atoms with E-state index in [1.165, 1.54) is 24.8 Å². The molecule has 1 aliphatic carbocycles. The largest absolute Gasteiger partial charge is 0.381 e.